The summed E-state index contributed by atoms with van der Waals surface area (Å²) in [6.07, 6.45) is 12.2. The van der Waals surface area contributed by atoms with Gasteiger partial charge in [0.1, 0.15) is 0 Å². The van der Waals surface area contributed by atoms with E-state index in [1.807, 2.05) is 35.5 Å². The molecule has 4 aromatic heterocycles. The molecule has 0 saturated carbocycles. The molecule has 4 aromatic rings. The molecule has 30 heavy (non-hydrogen) atoms. The lowest BCUT2D eigenvalue weighted by Gasteiger charge is -2.16. The van der Waals surface area contributed by atoms with Gasteiger partial charge >= 0.3 is 0 Å². The average molecular weight is 409 g/mol. The van der Waals surface area contributed by atoms with Crippen molar-refractivity contribution in [3.63, 3.8) is 0 Å². The predicted octanol–water partition coefficient (Wildman–Crippen LogP) is 2.73. The largest absolute Gasteiger partial charge is 0.394 e. The second-order valence-corrected chi connectivity index (χ2v) is 7.51. The third kappa shape index (κ3) is 3.61. The first-order chi connectivity index (χ1) is 14.5. The Hall–Kier alpha value is -3.04. The molecule has 0 aliphatic heterocycles. The summed E-state index contributed by atoms with van der Waals surface area (Å²) in [4.78, 5) is 4.90. The lowest BCUT2D eigenvalue weighted by Crippen LogP contribution is -2.25. The van der Waals surface area contributed by atoms with Crippen molar-refractivity contribution < 1.29 is 10.2 Å². The highest BCUT2D eigenvalue weighted by Crippen LogP contribution is 2.28. The summed E-state index contributed by atoms with van der Waals surface area (Å²) in [7, 11) is 0. The van der Waals surface area contributed by atoms with E-state index >= 15 is 0 Å². The minimum atomic E-state index is -0.884. The highest BCUT2D eigenvalue weighted by Gasteiger charge is 2.18. The summed E-state index contributed by atoms with van der Waals surface area (Å²) in [6.45, 7) is 5.81. The van der Waals surface area contributed by atoms with Gasteiger partial charge in [-0.2, -0.15) is 15.3 Å². The molecule has 0 fully saturated rings. The molecule has 2 atom stereocenters. The molecule has 4 rings (SSSR count). The number of aliphatic hydroxyl groups is 2. The third-order valence-corrected chi connectivity index (χ3v) is 5.64. The Kier molecular flexibility index (Phi) is 5.65. The van der Waals surface area contributed by atoms with Crippen molar-refractivity contribution in [2.45, 2.75) is 51.8 Å². The van der Waals surface area contributed by atoms with Crippen LogP contribution in [-0.2, 0) is 0 Å². The summed E-state index contributed by atoms with van der Waals surface area (Å²) in [5.74, 6) is 0. The smallest absolute Gasteiger partial charge is 0.0999 e. The topological polar surface area (TPSA) is 106 Å². The quantitative estimate of drug-likeness (QED) is 0.463. The Morgan fingerprint density at radius 3 is 2.40 bits per heavy atom. The van der Waals surface area contributed by atoms with Crippen molar-refractivity contribution in [2.24, 2.45) is 0 Å². The number of fused-ring (bicyclic) bond motifs is 1. The first-order valence-electron chi connectivity index (χ1n) is 10.3. The van der Waals surface area contributed by atoms with Crippen molar-refractivity contribution in [1.82, 2.24) is 34.2 Å². The van der Waals surface area contributed by atoms with Crippen LogP contribution in [-0.4, -0.2) is 57.1 Å². The Bertz CT molecular complexity index is 1130. The van der Waals surface area contributed by atoms with Crippen molar-refractivity contribution in [3.8, 4) is 22.5 Å². The molecule has 0 aliphatic rings. The van der Waals surface area contributed by atoms with E-state index in [-0.39, 0.29) is 12.6 Å². The van der Waals surface area contributed by atoms with Gasteiger partial charge in [0.25, 0.3) is 0 Å². The number of aliphatic hydroxyl groups excluding tert-OH is 2. The maximum Gasteiger partial charge on any atom is 0.0999 e. The number of aromatic nitrogens is 7. The molecule has 2 unspecified atom stereocenters. The summed E-state index contributed by atoms with van der Waals surface area (Å²) in [6, 6.07) is 1.94. The molecule has 4 heterocycles. The molecule has 0 bridgehead atoms. The van der Waals surface area contributed by atoms with E-state index in [4.69, 9.17) is 4.98 Å². The maximum absolute atomic E-state index is 9.90. The highest BCUT2D eigenvalue weighted by atomic mass is 16.3. The lowest BCUT2D eigenvalue weighted by molar-refractivity contribution is 0.0535. The molecule has 2 N–H and O–H groups in total. The molecular weight excluding hydrogens is 382 g/mol. The van der Waals surface area contributed by atoms with Crippen LogP contribution >= 0.6 is 0 Å². The number of nitrogens with zero attached hydrogens (tertiary/aromatic N) is 7. The van der Waals surface area contributed by atoms with Crippen LogP contribution in [0.15, 0.2) is 43.2 Å². The van der Waals surface area contributed by atoms with Crippen LogP contribution in [0.4, 0.5) is 0 Å². The fraction of sp³-hybridized carbons (Fsp3) is 0.429. The number of rotatable bonds is 8. The molecule has 9 heteroatoms. The predicted molar refractivity (Wildman–Crippen MR) is 113 cm³/mol. The highest BCUT2D eigenvalue weighted by molar-refractivity contribution is 5.78. The van der Waals surface area contributed by atoms with Gasteiger partial charge in [-0.3, -0.25) is 9.36 Å². The molecular formula is C21H27N7O2. The van der Waals surface area contributed by atoms with Crippen LogP contribution in [0.1, 0.15) is 45.7 Å². The SMILES string of the molecule is CCC(CC)n1cc(-c2nc(-c3cnn(C(C)C(O)CO)c3)cn3nccc23)cn1. The fourth-order valence-corrected chi connectivity index (χ4v) is 3.62. The van der Waals surface area contributed by atoms with Gasteiger partial charge in [0.05, 0.1) is 66.5 Å². The zero-order valence-corrected chi connectivity index (χ0v) is 17.4. The van der Waals surface area contributed by atoms with Crippen molar-refractivity contribution in [1.29, 1.82) is 0 Å². The molecule has 0 aromatic carbocycles. The van der Waals surface area contributed by atoms with E-state index in [1.54, 1.807) is 28.5 Å². The van der Waals surface area contributed by atoms with Gasteiger partial charge in [-0.1, -0.05) is 13.8 Å². The van der Waals surface area contributed by atoms with E-state index in [0.717, 1.165) is 35.2 Å². The van der Waals surface area contributed by atoms with Crippen LogP contribution in [0.2, 0.25) is 0 Å². The summed E-state index contributed by atoms with van der Waals surface area (Å²) in [5.41, 5.74) is 4.16. The van der Waals surface area contributed by atoms with Gasteiger partial charge in [0, 0.05) is 23.5 Å². The zero-order chi connectivity index (χ0) is 21.3. The van der Waals surface area contributed by atoms with Crippen molar-refractivity contribution in [2.75, 3.05) is 6.61 Å². The standard InChI is InChI=1S/C21H27N7O2/c1-4-17(5-2)27-11-16(9-24-27)21-19-6-7-22-28(19)12-18(25-21)15-8-23-26(10-15)14(3)20(30)13-29/h6-12,14,17,20,29-30H,4-5,13H2,1-3H3. The van der Waals surface area contributed by atoms with Crippen LogP contribution in [0, 0.1) is 0 Å². The van der Waals surface area contributed by atoms with Gasteiger partial charge in [0.2, 0.25) is 0 Å². The number of hydrogen-bond donors (Lipinski definition) is 2. The Labute approximate surface area is 174 Å². The first kappa shape index (κ1) is 20.2. The van der Waals surface area contributed by atoms with Gasteiger partial charge in [-0.25, -0.2) is 9.50 Å². The lowest BCUT2D eigenvalue weighted by atomic mass is 10.1. The van der Waals surface area contributed by atoms with Crippen molar-refractivity contribution in [3.05, 3.63) is 43.2 Å². The summed E-state index contributed by atoms with van der Waals surface area (Å²) < 4.78 is 5.44. The second kappa shape index (κ2) is 8.37. The Morgan fingerprint density at radius 2 is 1.67 bits per heavy atom. The zero-order valence-electron chi connectivity index (χ0n) is 17.4. The number of hydrogen-bond acceptors (Lipinski definition) is 6. The molecule has 9 nitrogen and oxygen atoms in total. The van der Waals surface area contributed by atoms with Gasteiger partial charge in [-0.05, 0) is 25.8 Å². The Balaban J connectivity index is 1.75. The average Bonchev–Trinajstić information content (AvgIpc) is 3.53. The van der Waals surface area contributed by atoms with Gasteiger partial charge in [-0.15, -0.1) is 0 Å². The van der Waals surface area contributed by atoms with Gasteiger partial charge in [0.15, 0.2) is 0 Å². The monoisotopic (exact) mass is 409 g/mol. The normalized spacial score (nSPS) is 13.9. The molecule has 0 radical (unpaired) electrons. The second-order valence-electron chi connectivity index (χ2n) is 7.51. The Morgan fingerprint density at radius 1 is 0.967 bits per heavy atom. The van der Waals surface area contributed by atoms with E-state index < -0.39 is 6.10 Å². The van der Waals surface area contributed by atoms with E-state index in [0.29, 0.717) is 11.7 Å². The van der Waals surface area contributed by atoms with E-state index in [9.17, 15) is 10.2 Å². The maximum atomic E-state index is 9.90. The molecule has 0 saturated heterocycles. The molecule has 0 spiro atoms. The van der Waals surface area contributed by atoms with Crippen LogP contribution in [0.25, 0.3) is 28.0 Å². The van der Waals surface area contributed by atoms with Gasteiger partial charge < -0.3 is 10.2 Å². The van der Waals surface area contributed by atoms with Crippen LogP contribution in [0.3, 0.4) is 0 Å². The third-order valence-electron chi connectivity index (χ3n) is 5.64. The fourth-order valence-electron chi connectivity index (χ4n) is 3.62. The minimum absolute atomic E-state index is 0.321. The molecule has 0 amide bonds. The summed E-state index contributed by atoms with van der Waals surface area (Å²) >= 11 is 0. The van der Waals surface area contributed by atoms with E-state index in [2.05, 4.69) is 29.1 Å². The van der Waals surface area contributed by atoms with Crippen molar-refractivity contribution >= 4 is 5.52 Å². The van der Waals surface area contributed by atoms with Crippen LogP contribution in [0.5, 0.6) is 0 Å². The molecule has 0 aliphatic carbocycles. The summed E-state index contributed by atoms with van der Waals surface area (Å²) in [5, 5.41) is 32.4. The molecule has 158 valence electrons. The van der Waals surface area contributed by atoms with E-state index in [1.165, 1.54) is 0 Å². The minimum Gasteiger partial charge on any atom is -0.394 e. The van der Waals surface area contributed by atoms with Crippen LogP contribution < -0.4 is 0 Å². The first-order valence-corrected chi connectivity index (χ1v) is 10.3.